The summed E-state index contributed by atoms with van der Waals surface area (Å²) < 4.78 is 6.21. The van der Waals surface area contributed by atoms with Gasteiger partial charge in [-0.05, 0) is 92.7 Å². The van der Waals surface area contributed by atoms with Crippen LogP contribution in [0.5, 0.6) is 0 Å². The molecule has 0 bridgehead atoms. The zero-order valence-electron chi connectivity index (χ0n) is 29.6. The first-order valence-electron chi connectivity index (χ1n) is 18.4. The van der Waals surface area contributed by atoms with E-state index in [1.807, 2.05) is 12.1 Å². The van der Waals surface area contributed by atoms with Gasteiger partial charge in [-0.3, -0.25) is 0 Å². The van der Waals surface area contributed by atoms with Crippen molar-refractivity contribution in [3.63, 3.8) is 0 Å². The summed E-state index contributed by atoms with van der Waals surface area (Å²) in [5.74, 6) is 0. The molecule has 0 atom stereocenters. The lowest BCUT2D eigenvalue weighted by Gasteiger charge is -2.30. The Morgan fingerprint density at radius 1 is 0.296 bits per heavy atom. The normalized spacial score (nSPS) is 11.3. The maximum atomic E-state index is 6.21. The Hall–Kier alpha value is -7.16. The lowest BCUT2D eigenvalue weighted by Crippen LogP contribution is -2.12. The first-order chi connectivity index (χ1) is 26.8. The number of hydrogen-bond acceptors (Lipinski definition) is 2. The number of anilines is 3. The Balaban J connectivity index is 1.07. The molecule has 0 saturated carbocycles. The maximum absolute atomic E-state index is 6.21. The molecule has 1 heterocycles. The average Bonchev–Trinajstić information content (AvgIpc) is 3.63. The van der Waals surface area contributed by atoms with E-state index >= 15 is 0 Å². The van der Waals surface area contributed by atoms with Crippen molar-refractivity contribution < 1.29 is 4.42 Å². The highest BCUT2D eigenvalue weighted by atomic mass is 16.3. The molecule has 0 fully saturated rings. The van der Waals surface area contributed by atoms with Crippen molar-refractivity contribution in [2.75, 3.05) is 4.90 Å². The molecule has 0 amide bonds. The highest BCUT2D eigenvalue weighted by Gasteiger charge is 2.21. The van der Waals surface area contributed by atoms with Crippen molar-refractivity contribution in [1.29, 1.82) is 0 Å². The molecule has 0 aliphatic heterocycles. The van der Waals surface area contributed by atoms with Crippen LogP contribution in [-0.2, 0) is 0 Å². The van der Waals surface area contributed by atoms with E-state index in [9.17, 15) is 0 Å². The molecular weight excluding hydrogens is 655 g/mol. The predicted octanol–water partition coefficient (Wildman–Crippen LogP) is 14.9. The highest BCUT2D eigenvalue weighted by molar-refractivity contribution is 6.07. The smallest absolute Gasteiger partial charge is 0.135 e. The minimum absolute atomic E-state index is 0.893. The molecular formula is C52H35NO. The van der Waals surface area contributed by atoms with E-state index in [2.05, 4.69) is 205 Å². The van der Waals surface area contributed by atoms with Crippen LogP contribution in [0.4, 0.5) is 17.1 Å². The van der Waals surface area contributed by atoms with Crippen LogP contribution in [0, 0.1) is 0 Å². The van der Waals surface area contributed by atoms with E-state index < -0.39 is 0 Å². The van der Waals surface area contributed by atoms with E-state index in [4.69, 9.17) is 4.42 Å². The molecule has 0 radical (unpaired) electrons. The molecule has 0 unspecified atom stereocenters. The number of nitrogens with zero attached hydrogens (tertiary/aromatic N) is 1. The van der Waals surface area contributed by atoms with E-state index in [1.165, 1.54) is 38.6 Å². The van der Waals surface area contributed by atoms with Gasteiger partial charge in [0.2, 0.25) is 0 Å². The van der Waals surface area contributed by atoms with Gasteiger partial charge in [0, 0.05) is 27.6 Å². The highest BCUT2D eigenvalue weighted by Crippen LogP contribution is 2.45. The lowest BCUT2D eigenvalue weighted by atomic mass is 9.97. The van der Waals surface area contributed by atoms with Crippen LogP contribution in [-0.4, -0.2) is 0 Å². The fourth-order valence-electron chi connectivity index (χ4n) is 7.77. The van der Waals surface area contributed by atoms with Crippen LogP contribution in [0.2, 0.25) is 0 Å². The number of para-hydroxylation sites is 3. The Morgan fingerprint density at radius 3 is 1.56 bits per heavy atom. The van der Waals surface area contributed by atoms with Crippen LogP contribution in [0.3, 0.4) is 0 Å². The van der Waals surface area contributed by atoms with Crippen molar-refractivity contribution >= 4 is 49.8 Å². The van der Waals surface area contributed by atoms with Crippen molar-refractivity contribution in [1.82, 2.24) is 0 Å². The molecule has 0 aliphatic rings. The van der Waals surface area contributed by atoms with Crippen molar-refractivity contribution in [2.45, 2.75) is 0 Å². The fourth-order valence-corrected chi connectivity index (χ4v) is 7.77. The van der Waals surface area contributed by atoms with Gasteiger partial charge in [0.15, 0.2) is 0 Å². The number of hydrogen-bond donors (Lipinski definition) is 0. The Morgan fingerprint density at radius 2 is 0.815 bits per heavy atom. The summed E-state index contributed by atoms with van der Waals surface area (Å²) in [6.07, 6.45) is 0. The summed E-state index contributed by atoms with van der Waals surface area (Å²) >= 11 is 0. The van der Waals surface area contributed by atoms with E-state index in [0.717, 1.165) is 55.7 Å². The Bertz CT molecular complexity index is 2920. The maximum Gasteiger partial charge on any atom is 0.135 e. The van der Waals surface area contributed by atoms with Crippen molar-refractivity contribution in [3.8, 4) is 44.5 Å². The molecule has 254 valence electrons. The quantitative estimate of drug-likeness (QED) is 0.166. The van der Waals surface area contributed by atoms with Crippen LogP contribution >= 0.6 is 0 Å². The zero-order chi connectivity index (χ0) is 35.8. The second-order valence-corrected chi connectivity index (χ2v) is 13.7. The van der Waals surface area contributed by atoms with Crippen LogP contribution in [0.15, 0.2) is 217 Å². The van der Waals surface area contributed by atoms with Gasteiger partial charge in [-0.15, -0.1) is 0 Å². The largest absolute Gasteiger partial charge is 0.456 e. The standard InChI is InChI=1S/C52H35NO/c1-2-13-40(14-3-1)45-16-6-9-19-49(45)53(50-20-10-7-17-46(50)43-30-33-52-48(35-43)47-18-8-11-21-51(47)54-52)44-31-28-38(29-32-44)37-22-24-39(25-23-37)42-27-26-36-12-4-5-15-41(36)34-42/h1-35H. The van der Waals surface area contributed by atoms with Gasteiger partial charge in [0.25, 0.3) is 0 Å². The van der Waals surface area contributed by atoms with Gasteiger partial charge in [-0.2, -0.15) is 0 Å². The van der Waals surface area contributed by atoms with Gasteiger partial charge in [-0.25, -0.2) is 0 Å². The summed E-state index contributed by atoms with van der Waals surface area (Å²) in [4.78, 5) is 2.40. The monoisotopic (exact) mass is 689 g/mol. The fraction of sp³-hybridized carbons (Fsp3) is 0. The topological polar surface area (TPSA) is 16.4 Å². The first kappa shape index (κ1) is 31.6. The third-order valence-electron chi connectivity index (χ3n) is 10.5. The molecule has 0 aliphatic carbocycles. The van der Waals surface area contributed by atoms with Gasteiger partial charge >= 0.3 is 0 Å². The SMILES string of the molecule is c1ccc(-c2ccccc2N(c2ccc(-c3ccc(-c4ccc5ccccc5c4)cc3)cc2)c2ccccc2-c2ccc3oc4ccccc4c3c2)cc1. The minimum Gasteiger partial charge on any atom is -0.456 e. The van der Waals surface area contributed by atoms with E-state index in [-0.39, 0.29) is 0 Å². The molecule has 2 nitrogen and oxygen atoms in total. The molecule has 1 aromatic heterocycles. The number of fused-ring (bicyclic) bond motifs is 4. The third kappa shape index (κ3) is 5.71. The summed E-state index contributed by atoms with van der Waals surface area (Å²) in [5, 5.41) is 4.75. The average molecular weight is 690 g/mol. The summed E-state index contributed by atoms with van der Waals surface area (Å²) in [6.45, 7) is 0. The van der Waals surface area contributed by atoms with Crippen LogP contribution < -0.4 is 4.90 Å². The van der Waals surface area contributed by atoms with Gasteiger partial charge in [0.05, 0.1) is 11.4 Å². The molecule has 0 spiro atoms. The summed E-state index contributed by atoms with van der Waals surface area (Å²) in [5.41, 5.74) is 14.5. The molecule has 9 aromatic carbocycles. The van der Waals surface area contributed by atoms with Crippen LogP contribution in [0.1, 0.15) is 0 Å². The minimum atomic E-state index is 0.893. The number of benzene rings is 9. The second-order valence-electron chi connectivity index (χ2n) is 13.7. The first-order valence-corrected chi connectivity index (χ1v) is 18.4. The van der Waals surface area contributed by atoms with Crippen molar-refractivity contribution in [3.05, 3.63) is 212 Å². The molecule has 0 N–H and O–H groups in total. The van der Waals surface area contributed by atoms with Gasteiger partial charge < -0.3 is 9.32 Å². The van der Waals surface area contributed by atoms with Crippen LogP contribution in [0.25, 0.3) is 77.2 Å². The van der Waals surface area contributed by atoms with Gasteiger partial charge in [0.1, 0.15) is 11.2 Å². The molecule has 10 rings (SSSR count). The van der Waals surface area contributed by atoms with E-state index in [0.29, 0.717) is 0 Å². The lowest BCUT2D eigenvalue weighted by molar-refractivity contribution is 0.669. The predicted molar refractivity (Wildman–Crippen MR) is 228 cm³/mol. The Kier molecular flexibility index (Phi) is 7.85. The molecule has 54 heavy (non-hydrogen) atoms. The molecule has 2 heteroatoms. The third-order valence-corrected chi connectivity index (χ3v) is 10.5. The van der Waals surface area contributed by atoms with Gasteiger partial charge in [-0.1, -0.05) is 164 Å². The molecule has 0 saturated heterocycles. The summed E-state index contributed by atoms with van der Waals surface area (Å²) in [7, 11) is 0. The molecule has 10 aromatic rings. The zero-order valence-corrected chi connectivity index (χ0v) is 29.6. The summed E-state index contributed by atoms with van der Waals surface area (Å²) in [6, 6.07) is 76.0. The number of rotatable bonds is 7. The van der Waals surface area contributed by atoms with E-state index in [1.54, 1.807) is 0 Å². The van der Waals surface area contributed by atoms with Crippen molar-refractivity contribution in [2.24, 2.45) is 0 Å². The second kappa shape index (κ2) is 13.4. The Labute approximate surface area is 314 Å². The number of furan rings is 1.